The number of anilines is 2. The zero-order valence-corrected chi connectivity index (χ0v) is 34.5. The van der Waals surface area contributed by atoms with E-state index in [1.807, 2.05) is 12.1 Å². The Morgan fingerprint density at radius 2 is 0.841 bits per heavy atom. The second-order valence-corrected chi connectivity index (χ2v) is 16.3. The van der Waals surface area contributed by atoms with Gasteiger partial charge < -0.3 is 13.7 Å². The fourth-order valence-electron chi connectivity index (χ4n) is 9.57. The maximum atomic E-state index is 6.69. The van der Waals surface area contributed by atoms with Crippen molar-refractivity contribution in [2.24, 2.45) is 0 Å². The zero-order chi connectivity index (χ0) is 41.7. The Morgan fingerprint density at radius 1 is 0.317 bits per heavy atom. The van der Waals surface area contributed by atoms with Gasteiger partial charge in [0, 0.05) is 49.7 Å². The first-order chi connectivity index (χ1) is 31.2. The van der Waals surface area contributed by atoms with Crippen LogP contribution in [-0.2, 0) is 0 Å². The molecular formula is C60H41NO2. The van der Waals surface area contributed by atoms with E-state index in [1.165, 1.54) is 39.1 Å². The highest BCUT2D eigenvalue weighted by molar-refractivity contribution is 6.13. The third-order valence-corrected chi connectivity index (χ3v) is 12.6. The van der Waals surface area contributed by atoms with Crippen molar-refractivity contribution in [2.45, 2.75) is 12.8 Å². The number of hydrogen-bond donors (Lipinski definition) is 0. The molecule has 0 radical (unpaired) electrons. The Kier molecular flexibility index (Phi) is 8.97. The lowest BCUT2D eigenvalue weighted by Crippen LogP contribution is -2.18. The van der Waals surface area contributed by atoms with Gasteiger partial charge >= 0.3 is 0 Å². The summed E-state index contributed by atoms with van der Waals surface area (Å²) < 4.78 is 13.3. The van der Waals surface area contributed by atoms with E-state index in [9.17, 15) is 0 Å². The Labute approximate surface area is 366 Å². The maximum absolute atomic E-state index is 6.69. The third kappa shape index (κ3) is 6.54. The molecule has 0 amide bonds. The van der Waals surface area contributed by atoms with Crippen LogP contribution in [0.5, 0.6) is 0 Å². The van der Waals surface area contributed by atoms with E-state index in [0.717, 1.165) is 90.3 Å². The molecule has 11 aromatic rings. The number of furan rings is 2. The Bertz CT molecular complexity index is 3500. The molecule has 9 aromatic carbocycles. The number of hydrogen-bond acceptors (Lipinski definition) is 3. The standard InChI is InChI=1S/C60H41NO2/c1-4-16-40(17-5-1)44-36-45(41-18-6-2-7-19-41)38-48(37-44)61(46-20-8-3-9-21-46)47-33-30-42(31-34-47)43-32-35-49(52-24-14-25-53-50-22-10-12-28-57(50)62-59(52)53)56(39-43)55-27-15-26-54-51-23-11-13-29-58(51)63-60(54)55/h1-30,32-33,35-39H,31,34H2. The number of benzene rings is 9. The van der Waals surface area contributed by atoms with Crippen LogP contribution >= 0.6 is 0 Å². The minimum atomic E-state index is 0.867. The van der Waals surface area contributed by atoms with Crippen LogP contribution in [0.4, 0.5) is 11.4 Å². The maximum Gasteiger partial charge on any atom is 0.143 e. The van der Waals surface area contributed by atoms with Crippen LogP contribution in [0.3, 0.4) is 0 Å². The van der Waals surface area contributed by atoms with Crippen molar-refractivity contribution >= 4 is 60.8 Å². The number of rotatable bonds is 8. The lowest BCUT2D eigenvalue weighted by atomic mass is 9.87. The second kappa shape index (κ2) is 15.4. The summed E-state index contributed by atoms with van der Waals surface area (Å²) in [6.07, 6.45) is 6.40. The van der Waals surface area contributed by atoms with Crippen molar-refractivity contribution in [2.75, 3.05) is 4.90 Å². The average molecular weight is 808 g/mol. The Balaban J connectivity index is 1.01. The lowest BCUT2D eigenvalue weighted by molar-refractivity contribution is 0.669. The van der Waals surface area contributed by atoms with Gasteiger partial charge in [-0.3, -0.25) is 0 Å². The summed E-state index contributed by atoms with van der Waals surface area (Å²) in [6.45, 7) is 0. The molecule has 298 valence electrons. The number of para-hydroxylation sites is 5. The van der Waals surface area contributed by atoms with Crippen LogP contribution in [0.1, 0.15) is 18.4 Å². The zero-order valence-electron chi connectivity index (χ0n) is 34.5. The van der Waals surface area contributed by atoms with Crippen LogP contribution in [0.2, 0.25) is 0 Å². The van der Waals surface area contributed by atoms with Crippen LogP contribution in [-0.4, -0.2) is 0 Å². The molecular weight excluding hydrogens is 767 g/mol. The molecule has 0 unspecified atom stereocenters. The van der Waals surface area contributed by atoms with Gasteiger partial charge in [0.1, 0.15) is 22.3 Å². The van der Waals surface area contributed by atoms with Crippen LogP contribution in [0.15, 0.2) is 239 Å². The van der Waals surface area contributed by atoms with E-state index < -0.39 is 0 Å². The summed E-state index contributed by atoms with van der Waals surface area (Å²) in [5, 5.41) is 4.46. The Morgan fingerprint density at radius 3 is 1.41 bits per heavy atom. The molecule has 0 spiro atoms. The fourth-order valence-corrected chi connectivity index (χ4v) is 9.57. The van der Waals surface area contributed by atoms with Gasteiger partial charge in [0.2, 0.25) is 0 Å². The highest BCUT2D eigenvalue weighted by Gasteiger charge is 2.23. The molecule has 12 rings (SSSR count). The van der Waals surface area contributed by atoms with Crippen LogP contribution < -0.4 is 4.90 Å². The van der Waals surface area contributed by atoms with Gasteiger partial charge in [-0.1, -0.05) is 170 Å². The first kappa shape index (κ1) is 36.7. The topological polar surface area (TPSA) is 29.5 Å². The molecule has 0 bridgehead atoms. The smallest absolute Gasteiger partial charge is 0.143 e. The fraction of sp³-hybridized carbons (Fsp3) is 0.0333. The number of fused-ring (bicyclic) bond motifs is 6. The highest BCUT2D eigenvalue weighted by atomic mass is 16.3. The largest absolute Gasteiger partial charge is 0.455 e. The first-order valence-electron chi connectivity index (χ1n) is 21.7. The highest BCUT2D eigenvalue weighted by Crippen LogP contribution is 2.46. The van der Waals surface area contributed by atoms with Crippen molar-refractivity contribution in [3.8, 4) is 44.5 Å². The second-order valence-electron chi connectivity index (χ2n) is 16.3. The molecule has 2 heterocycles. The third-order valence-electron chi connectivity index (χ3n) is 12.6. The summed E-state index contributed by atoms with van der Waals surface area (Å²) >= 11 is 0. The average Bonchev–Trinajstić information content (AvgIpc) is 3.94. The first-order valence-corrected chi connectivity index (χ1v) is 21.7. The van der Waals surface area contributed by atoms with Crippen LogP contribution in [0.25, 0.3) is 94.0 Å². The Hall–Kier alpha value is -8.14. The van der Waals surface area contributed by atoms with E-state index >= 15 is 0 Å². The number of nitrogens with zero attached hydrogens (tertiary/aromatic N) is 1. The molecule has 0 N–H and O–H groups in total. The van der Waals surface area contributed by atoms with Gasteiger partial charge in [0.25, 0.3) is 0 Å². The van der Waals surface area contributed by atoms with Gasteiger partial charge in [-0.2, -0.15) is 0 Å². The van der Waals surface area contributed by atoms with Crippen LogP contribution in [0, 0.1) is 0 Å². The van der Waals surface area contributed by atoms with Gasteiger partial charge in [0.05, 0.1) is 0 Å². The summed E-state index contributed by atoms with van der Waals surface area (Å²) in [5.74, 6) is 0. The summed E-state index contributed by atoms with van der Waals surface area (Å²) in [4.78, 5) is 2.44. The molecule has 0 atom stereocenters. The van der Waals surface area contributed by atoms with Gasteiger partial charge in [0.15, 0.2) is 0 Å². The molecule has 3 heteroatoms. The lowest BCUT2D eigenvalue weighted by Gasteiger charge is -2.31. The van der Waals surface area contributed by atoms with Crippen molar-refractivity contribution in [3.05, 3.63) is 236 Å². The SMILES string of the molecule is C1=C(c2ccc(-c3cccc4c3oc3ccccc34)c(-c3cccc4c3oc3ccccc34)c2)CCC(N(c2ccccc2)c2cc(-c3ccccc3)cc(-c3ccccc3)c2)=C1. The normalized spacial score (nSPS) is 12.8. The molecule has 1 aliphatic carbocycles. The molecule has 63 heavy (non-hydrogen) atoms. The predicted octanol–water partition coefficient (Wildman–Crippen LogP) is 17.1. The summed E-state index contributed by atoms with van der Waals surface area (Å²) in [7, 11) is 0. The minimum absolute atomic E-state index is 0.867. The quantitative estimate of drug-likeness (QED) is 0.153. The number of allylic oxidation sites excluding steroid dienone is 4. The van der Waals surface area contributed by atoms with Gasteiger partial charge in [-0.05, 0) is 112 Å². The van der Waals surface area contributed by atoms with E-state index in [-0.39, 0.29) is 0 Å². The molecule has 0 saturated heterocycles. The molecule has 2 aromatic heterocycles. The molecule has 1 aliphatic rings. The van der Waals surface area contributed by atoms with Crippen molar-refractivity contribution in [1.82, 2.24) is 0 Å². The monoisotopic (exact) mass is 807 g/mol. The van der Waals surface area contributed by atoms with Gasteiger partial charge in [-0.25, -0.2) is 0 Å². The van der Waals surface area contributed by atoms with Crippen molar-refractivity contribution in [1.29, 1.82) is 0 Å². The minimum Gasteiger partial charge on any atom is -0.455 e. The molecule has 0 saturated carbocycles. The molecule has 0 fully saturated rings. The van der Waals surface area contributed by atoms with E-state index in [1.54, 1.807) is 0 Å². The van der Waals surface area contributed by atoms with E-state index in [2.05, 4.69) is 217 Å². The molecule has 3 nitrogen and oxygen atoms in total. The predicted molar refractivity (Wildman–Crippen MR) is 263 cm³/mol. The van der Waals surface area contributed by atoms with Crippen molar-refractivity contribution < 1.29 is 8.83 Å². The molecule has 0 aliphatic heterocycles. The van der Waals surface area contributed by atoms with E-state index in [4.69, 9.17) is 8.83 Å². The summed E-state index contributed by atoms with van der Waals surface area (Å²) in [6, 6.07) is 75.7. The van der Waals surface area contributed by atoms with Crippen molar-refractivity contribution in [3.63, 3.8) is 0 Å². The van der Waals surface area contributed by atoms with Gasteiger partial charge in [-0.15, -0.1) is 0 Å². The summed E-state index contributed by atoms with van der Waals surface area (Å²) in [5.41, 5.74) is 18.6. The van der Waals surface area contributed by atoms with E-state index in [0.29, 0.717) is 0 Å².